The van der Waals surface area contributed by atoms with Crippen LogP contribution in [0.2, 0.25) is 0 Å². The quantitative estimate of drug-likeness (QED) is 0.611. The maximum absolute atomic E-state index is 12.2. The number of anilines is 1. The fraction of sp³-hybridized carbons (Fsp3) is 0.350. The zero-order valence-corrected chi connectivity index (χ0v) is 16.0. The van der Waals surface area contributed by atoms with Gasteiger partial charge in [0.1, 0.15) is 4.88 Å². The van der Waals surface area contributed by atoms with Crippen LogP contribution in [-0.4, -0.2) is 31.4 Å². The second-order valence-corrected chi connectivity index (χ2v) is 7.54. The number of carbonyl (C=O) groups excluding carboxylic acids is 3. The third kappa shape index (κ3) is 4.95. The van der Waals surface area contributed by atoms with Gasteiger partial charge in [-0.25, -0.2) is 4.79 Å². The Labute approximate surface area is 161 Å². The van der Waals surface area contributed by atoms with Gasteiger partial charge < -0.3 is 15.4 Å². The van der Waals surface area contributed by atoms with Gasteiger partial charge in [-0.3, -0.25) is 9.59 Å². The van der Waals surface area contributed by atoms with E-state index in [9.17, 15) is 14.4 Å². The van der Waals surface area contributed by atoms with Gasteiger partial charge in [-0.15, -0.1) is 11.3 Å². The van der Waals surface area contributed by atoms with Crippen molar-refractivity contribution < 1.29 is 19.1 Å². The molecule has 1 aliphatic carbocycles. The van der Waals surface area contributed by atoms with Crippen LogP contribution in [0.1, 0.15) is 49.7 Å². The Hall–Kier alpha value is -2.67. The Morgan fingerprint density at radius 3 is 2.56 bits per heavy atom. The first-order chi connectivity index (χ1) is 13.1. The standard InChI is InChI=1S/C20H22N2O4S/c1-21-19(24)13-7-9-15(10-8-13)22-18(23)12-26-20(25)17-11-14-5-3-2-4-6-16(14)27-17/h7-11H,2-6,12H2,1H3,(H,21,24)(H,22,23). The lowest BCUT2D eigenvalue weighted by Gasteiger charge is -2.07. The van der Waals surface area contributed by atoms with Gasteiger partial charge in [0.2, 0.25) is 0 Å². The minimum absolute atomic E-state index is 0.198. The van der Waals surface area contributed by atoms with E-state index in [0.29, 0.717) is 16.1 Å². The van der Waals surface area contributed by atoms with Gasteiger partial charge in [0.25, 0.3) is 11.8 Å². The second-order valence-electron chi connectivity index (χ2n) is 6.40. The van der Waals surface area contributed by atoms with E-state index < -0.39 is 11.9 Å². The van der Waals surface area contributed by atoms with Gasteiger partial charge in [-0.05, 0) is 61.6 Å². The predicted octanol–water partition coefficient (Wildman–Crippen LogP) is 3.17. The van der Waals surface area contributed by atoms with Crippen LogP contribution in [0.25, 0.3) is 0 Å². The van der Waals surface area contributed by atoms with Crippen LogP contribution < -0.4 is 10.6 Å². The predicted molar refractivity (Wildman–Crippen MR) is 104 cm³/mol. The number of amides is 2. The van der Waals surface area contributed by atoms with Crippen LogP contribution in [-0.2, 0) is 22.4 Å². The van der Waals surface area contributed by atoms with Gasteiger partial charge in [0.15, 0.2) is 6.61 Å². The molecule has 3 rings (SSSR count). The molecule has 2 N–H and O–H groups in total. The van der Waals surface area contributed by atoms with Crippen LogP contribution in [0.3, 0.4) is 0 Å². The smallest absolute Gasteiger partial charge is 0.348 e. The molecule has 0 spiro atoms. The fourth-order valence-electron chi connectivity index (χ4n) is 3.02. The Morgan fingerprint density at radius 2 is 1.81 bits per heavy atom. The number of fused-ring (bicyclic) bond motifs is 1. The molecule has 1 aliphatic rings. The Bertz CT molecular complexity index is 819. The first-order valence-corrected chi connectivity index (χ1v) is 9.79. The number of thiophene rings is 1. The van der Waals surface area contributed by atoms with Gasteiger partial charge in [-0.2, -0.15) is 0 Å². The van der Waals surface area contributed by atoms with Crippen molar-refractivity contribution in [3.8, 4) is 0 Å². The minimum Gasteiger partial charge on any atom is -0.451 e. The molecule has 1 aromatic heterocycles. The van der Waals surface area contributed by atoms with Crippen molar-refractivity contribution >= 4 is 34.8 Å². The molecular formula is C20H22N2O4S. The molecule has 2 amide bonds. The fourth-order valence-corrected chi connectivity index (χ4v) is 4.16. The minimum atomic E-state index is -0.460. The zero-order chi connectivity index (χ0) is 19.2. The summed E-state index contributed by atoms with van der Waals surface area (Å²) in [5.41, 5.74) is 2.27. The molecule has 0 saturated heterocycles. The SMILES string of the molecule is CNC(=O)c1ccc(NC(=O)COC(=O)c2cc3c(s2)CCCCC3)cc1. The molecule has 0 atom stereocenters. The summed E-state index contributed by atoms with van der Waals surface area (Å²) in [6.45, 7) is -0.349. The van der Waals surface area contributed by atoms with Crippen molar-refractivity contribution in [3.05, 3.63) is 51.2 Å². The van der Waals surface area contributed by atoms with E-state index in [1.54, 1.807) is 31.3 Å². The van der Waals surface area contributed by atoms with E-state index in [4.69, 9.17) is 4.74 Å². The first kappa shape index (κ1) is 19.1. The highest BCUT2D eigenvalue weighted by molar-refractivity contribution is 7.14. The van der Waals surface area contributed by atoms with Gasteiger partial charge >= 0.3 is 5.97 Å². The second kappa shape index (κ2) is 8.81. The van der Waals surface area contributed by atoms with Gasteiger partial charge in [0.05, 0.1) is 0 Å². The van der Waals surface area contributed by atoms with Gasteiger partial charge in [-0.1, -0.05) is 6.42 Å². The molecule has 1 aromatic carbocycles. The van der Waals surface area contributed by atoms with Crippen molar-refractivity contribution in [2.24, 2.45) is 0 Å². The van der Waals surface area contributed by atoms with Crippen LogP contribution in [0.15, 0.2) is 30.3 Å². The average molecular weight is 386 g/mol. The molecule has 0 bridgehead atoms. The monoisotopic (exact) mass is 386 g/mol. The molecule has 27 heavy (non-hydrogen) atoms. The average Bonchev–Trinajstić information content (AvgIpc) is 2.96. The maximum atomic E-state index is 12.2. The summed E-state index contributed by atoms with van der Waals surface area (Å²) in [5.74, 6) is -1.08. The van der Waals surface area contributed by atoms with Crippen molar-refractivity contribution in [1.29, 1.82) is 0 Å². The summed E-state index contributed by atoms with van der Waals surface area (Å²) in [6.07, 6.45) is 5.55. The highest BCUT2D eigenvalue weighted by atomic mass is 32.1. The summed E-state index contributed by atoms with van der Waals surface area (Å²) in [7, 11) is 1.55. The lowest BCUT2D eigenvalue weighted by atomic mass is 10.1. The molecule has 0 radical (unpaired) electrons. The van der Waals surface area contributed by atoms with Gasteiger partial charge in [0, 0.05) is 23.2 Å². The molecule has 7 heteroatoms. The topological polar surface area (TPSA) is 84.5 Å². The third-order valence-corrected chi connectivity index (χ3v) is 5.66. The van der Waals surface area contributed by atoms with E-state index >= 15 is 0 Å². The molecule has 2 aromatic rings. The first-order valence-electron chi connectivity index (χ1n) is 8.97. The highest BCUT2D eigenvalue weighted by Gasteiger charge is 2.18. The van der Waals surface area contributed by atoms with E-state index in [1.807, 2.05) is 6.07 Å². The molecule has 0 fully saturated rings. The summed E-state index contributed by atoms with van der Waals surface area (Å²) < 4.78 is 5.15. The largest absolute Gasteiger partial charge is 0.451 e. The van der Waals surface area contributed by atoms with Crippen molar-refractivity contribution in [2.45, 2.75) is 32.1 Å². The van der Waals surface area contributed by atoms with Crippen LogP contribution >= 0.6 is 11.3 Å². The molecule has 1 heterocycles. The van der Waals surface area contributed by atoms with Crippen molar-refractivity contribution in [1.82, 2.24) is 5.32 Å². The molecule has 6 nitrogen and oxygen atoms in total. The highest BCUT2D eigenvalue weighted by Crippen LogP contribution is 2.29. The van der Waals surface area contributed by atoms with E-state index in [-0.39, 0.29) is 12.5 Å². The van der Waals surface area contributed by atoms with E-state index in [0.717, 1.165) is 25.7 Å². The number of nitrogens with one attached hydrogen (secondary N) is 2. The Morgan fingerprint density at radius 1 is 1.07 bits per heavy atom. The number of aryl methyl sites for hydroxylation is 2. The molecular weight excluding hydrogens is 364 g/mol. The lowest BCUT2D eigenvalue weighted by Crippen LogP contribution is -2.21. The van der Waals surface area contributed by atoms with E-state index in [2.05, 4.69) is 10.6 Å². The summed E-state index contributed by atoms with van der Waals surface area (Å²) in [6, 6.07) is 8.38. The molecule has 0 aliphatic heterocycles. The maximum Gasteiger partial charge on any atom is 0.348 e. The third-order valence-electron chi connectivity index (χ3n) is 4.44. The van der Waals surface area contributed by atoms with Crippen molar-refractivity contribution in [3.63, 3.8) is 0 Å². The number of carbonyl (C=O) groups is 3. The lowest BCUT2D eigenvalue weighted by molar-refractivity contribution is -0.119. The number of hydrogen-bond acceptors (Lipinski definition) is 5. The molecule has 0 unspecified atom stereocenters. The number of hydrogen-bond donors (Lipinski definition) is 2. The number of benzene rings is 1. The van der Waals surface area contributed by atoms with Crippen molar-refractivity contribution in [2.75, 3.05) is 19.0 Å². The number of rotatable bonds is 5. The van der Waals surface area contributed by atoms with Crippen LogP contribution in [0.5, 0.6) is 0 Å². The van der Waals surface area contributed by atoms with E-state index in [1.165, 1.54) is 28.2 Å². The number of esters is 1. The van der Waals surface area contributed by atoms with Crippen LogP contribution in [0.4, 0.5) is 5.69 Å². The summed E-state index contributed by atoms with van der Waals surface area (Å²) in [4.78, 5) is 37.5. The summed E-state index contributed by atoms with van der Waals surface area (Å²) in [5, 5.41) is 5.17. The number of ether oxygens (including phenoxy) is 1. The molecule has 142 valence electrons. The normalized spacial score (nSPS) is 13.2. The Balaban J connectivity index is 1.51. The Kier molecular flexibility index (Phi) is 6.24. The van der Waals surface area contributed by atoms with Crippen LogP contribution in [0, 0.1) is 0 Å². The molecule has 0 saturated carbocycles. The summed E-state index contributed by atoms with van der Waals surface area (Å²) >= 11 is 1.47. The zero-order valence-electron chi connectivity index (χ0n) is 15.2.